The van der Waals surface area contributed by atoms with E-state index in [1.54, 1.807) is 10.6 Å². The molecule has 176 valence electrons. The maximum absolute atomic E-state index is 13.9. The number of nitrogens with one attached hydrogen (secondary N) is 1. The summed E-state index contributed by atoms with van der Waals surface area (Å²) >= 11 is 0. The van der Waals surface area contributed by atoms with Crippen LogP contribution in [0, 0.1) is 0 Å². The number of anilines is 2. The number of hydrogen-bond donors (Lipinski definition) is 1. The highest BCUT2D eigenvalue weighted by molar-refractivity contribution is 6.10. The largest absolute Gasteiger partial charge is 0.418 e. The van der Waals surface area contributed by atoms with Crippen LogP contribution in [0.3, 0.4) is 0 Å². The van der Waals surface area contributed by atoms with Crippen molar-refractivity contribution in [3.8, 4) is 16.8 Å². The first-order valence-corrected chi connectivity index (χ1v) is 11.6. The quantitative estimate of drug-likeness (QED) is 0.267. The Hall–Kier alpha value is -4.51. The molecule has 0 aliphatic heterocycles. The zero-order chi connectivity index (χ0) is 24.7. The van der Waals surface area contributed by atoms with Crippen LogP contribution >= 0.6 is 0 Å². The lowest BCUT2D eigenvalue weighted by Crippen LogP contribution is -2.10. The molecule has 0 bridgehead atoms. The van der Waals surface area contributed by atoms with Crippen LogP contribution in [0.25, 0.3) is 38.6 Å². The summed E-state index contributed by atoms with van der Waals surface area (Å²) in [7, 11) is 0. The number of alkyl halides is 3. The van der Waals surface area contributed by atoms with Gasteiger partial charge in [0.05, 0.1) is 22.3 Å². The standard InChI is InChI=1S/C31H21F3N2/c32-31(33,34)27-11-5-7-13-30(27)36-28-12-6-4-10-25(28)26-20-22(16-19-29(26)36)21-14-17-24(18-15-21)35-23-8-2-1-3-9-23/h1-20,35H. The van der Waals surface area contributed by atoms with Crippen LogP contribution in [0.4, 0.5) is 24.5 Å². The summed E-state index contributed by atoms with van der Waals surface area (Å²) in [5.41, 5.74) is 4.97. The number of benzene rings is 5. The fourth-order valence-electron chi connectivity index (χ4n) is 4.75. The summed E-state index contributed by atoms with van der Waals surface area (Å²) in [6.07, 6.45) is -4.45. The van der Waals surface area contributed by atoms with Crippen molar-refractivity contribution in [1.82, 2.24) is 4.57 Å². The van der Waals surface area contributed by atoms with E-state index in [-0.39, 0.29) is 5.69 Å². The molecule has 0 amide bonds. The van der Waals surface area contributed by atoms with E-state index in [0.29, 0.717) is 0 Å². The lowest BCUT2D eigenvalue weighted by Gasteiger charge is -2.15. The minimum absolute atomic E-state index is 0.125. The van der Waals surface area contributed by atoms with E-state index >= 15 is 0 Å². The molecule has 0 unspecified atom stereocenters. The highest BCUT2D eigenvalue weighted by Crippen LogP contribution is 2.39. The van der Waals surface area contributed by atoms with E-state index in [2.05, 4.69) is 11.4 Å². The summed E-state index contributed by atoms with van der Waals surface area (Å²) in [5.74, 6) is 0. The van der Waals surface area contributed by atoms with Gasteiger partial charge in [-0.25, -0.2) is 0 Å². The van der Waals surface area contributed by atoms with E-state index in [4.69, 9.17) is 0 Å². The molecule has 0 aliphatic rings. The number of para-hydroxylation sites is 3. The minimum atomic E-state index is -4.45. The van der Waals surface area contributed by atoms with Crippen molar-refractivity contribution in [2.24, 2.45) is 0 Å². The van der Waals surface area contributed by atoms with Crippen molar-refractivity contribution in [2.45, 2.75) is 6.18 Å². The molecule has 6 rings (SSSR count). The lowest BCUT2D eigenvalue weighted by molar-refractivity contribution is -0.137. The van der Waals surface area contributed by atoms with E-state index in [9.17, 15) is 13.2 Å². The Balaban J connectivity index is 1.46. The highest BCUT2D eigenvalue weighted by atomic mass is 19.4. The molecular formula is C31H21F3N2. The summed E-state index contributed by atoms with van der Waals surface area (Å²) < 4.78 is 43.3. The topological polar surface area (TPSA) is 17.0 Å². The molecule has 0 spiro atoms. The molecule has 6 aromatic rings. The summed E-state index contributed by atoms with van der Waals surface area (Å²) in [5, 5.41) is 5.20. The van der Waals surface area contributed by atoms with Gasteiger partial charge < -0.3 is 9.88 Å². The van der Waals surface area contributed by atoms with Gasteiger partial charge in [-0.15, -0.1) is 0 Å². The Morgan fingerprint density at radius 2 is 1.14 bits per heavy atom. The second kappa shape index (κ2) is 8.61. The molecule has 0 fully saturated rings. The van der Waals surface area contributed by atoms with Crippen LogP contribution in [-0.4, -0.2) is 4.57 Å². The van der Waals surface area contributed by atoms with Crippen LogP contribution in [0.1, 0.15) is 5.56 Å². The molecule has 0 saturated carbocycles. The van der Waals surface area contributed by atoms with Gasteiger partial charge in [0, 0.05) is 22.1 Å². The monoisotopic (exact) mass is 478 g/mol. The van der Waals surface area contributed by atoms with E-state index in [0.717, 1.165) is 50.4 Å². The first-order valence-electron chi connectivity index (χ1n) is 11.6. The third-order valence-electron chi connectivity index (χ3n) is 6.40. The van der Waals surface area contributed by atoms with Crippen LogP contribution in [0.5, 0.6) is 0 Å². The minimum Gasteiger partial charge on any atom is -0.356 e. The molecular weight excluding hydrogens is 457 g/mol. The van der Waals surface area contributed by atoms with Gasteiger partial charge in [0.1, 0.15) is 0 Å². The Labute approximate surface area is 206 Å². The predicted molar refractivity (Wildman–Crippen MR) is 141 cm³/mol. The number of rotatable bonds is 4. The molecule has 0 aliphatic carbocycles. The fraction of sp³-hybridized carbons (Fsp3) is 0.0323. The van der Waals surface area contributed by atoms with E-state index < -0.39 is 11.7 Å². The van der Waals surface area contributed by atoms with Crippen molar-refractivity contribution >= 4 is 33.2 Å². The first kappa shape index (κ1) is 22.0. The van der Waals surface area contributed by atoms with Crippen LogP contribution in [0.15, 0.2) is 121 Å². The predicted octanol–water partition coefficient (Wildman–Crippen LogP) is 9.21. The summed E-state index contributed by atoms with van der Waals surface area (Å²) in [6.45, 7) is 0. The summed E-state index contributed by atoms with van der Waals surface area (Å²) in [6, 6.07) is 37.4. The lowest BCUT2D eigenvalue weighted by atomic mass is 10.0. The van der Waals surface area contributed by atoms with Gasteiger partial charge in [0.15, 0.2) is 0 Å². The SMILES string of the molecule is FC(F)(F)c1ccccc1-n1c2ccccc2c2cc(-c3ccc(Nc4ccccc4)cc3)ccc21. The molecule has 0 saturated heterocycles. The molecule has 0 radical (unpaired) electrons. The molecule has 5 aromatic carbocycles. The van der Waals surface area contributed by atoms with Gasteiger partial charge in [-0.2, -0.15) is 13.2 Å². The second-order valence-corrected chi connectivity index (χ2v) is 8.67. The number of aromatic nitrogens is 1. The van der Waals surface area contributed by atoms with Gasteiger partial charge in [-0.3, -0.25) is 0 Å². The molecule has 5 heteroatoms. The third-order valence-corrected chi connectivity index (χ3v) is 6.40. The van der Waals surface area contributed by atoms with Gasteiger partial charge in [-0.05, 0) is 65.7 Å². The number of hydrogen-bond acceptors (Lipinski definition) is 1. The maximum Gasteiger partial charge on any atom is 0.418 e. The smallest absolute Gasteiger partial charge is 0.356 e. The van der Waals surface area contributed by atoms with Crippen molar-refractivity contribution in [1.29, 1.82) is 0 Å². The summed E-state index contributed by atoms with van der Waals surface area (Å²) in [4.78, 5) is 0. The molecule has 36 heavy (non-hydrogen) atoms. The van der Waals surface area contributed by atoms with Crippen molar-refractivity contribution in [3.05, 3.63) is 127 Å². The normalized spacial score (nSPS) is 11.8. The Morgan fingerprint density at radius 1 is 0.528 bits per heavy atom. The van der Waals surface area contributed by atoms with Gasteiger partial charge in [-0.1, -0.05) is 66.7 Å². The first-order chi connectivity index (χ1) is 17.5. The Kier molecular flexibility index (Phi) is 5.26. The van der Waals surface area contributed by atoms with Crippen molar-refractivity contribution in [2.75, 3.05) is 5.32 Å². The molecule has 0 atom stereocenters. The Morgan fingerprint density at radius 3 is 1.92 bits per heavy atom. The van der Waals surface area contributed by atoms with Crippen LogP contribution in [0.2, 0.25) is 0 Å². The zero-order valence-electron chi connectivity index (χ0n) is 19.1. The molecule has 1 heterocycles. The van der Waals surface area contributed by atoms with Crippen LogP contribution < -0.4 is 5.32 Å². The van der Waals surface area contributed by atoms with Gasteiger partial charge in [0.2, 0.25) is 0 Å². The number of halogens is 3. The van der Waals surface area contributed by atoms with E-state index in [1.807, 2.05) is 91.0 Å². The van der Waals surface area contributed by atoms with Crippen LogP contribution in [-0.2, 0) is 6.18 Å². The molecule has 2 nitrogen and oxygen atoms in total. The van der Waals surface area contributed by atoms with Crippen molar-refractivity contribution < 1.29 is 13.2 Å². The van der Waals surface area contributed by atoms with Crippen molar-refractivity contribution in [3.63, 3.8) is 0 Å². The second-order valence-electron chi connectivity index (χ2n) is 8.67. The third kappa shape index (κ3) is 3.89. The highest BCUT2D eigenvalue weighted by Gasteiger charge is 2.34. The zero-order valence-corrected chi connectivity index (χ0v) is 19.1. The number of nitrogens with zero attached hydrogens (tertiary/aromatic N) is 1. The van der Waals surface area contributed by atoms with E-state index in [1.165, 1.54) is 12.1 Å². The average molecular weight is 479 g/mol. The molecule has 1 aromatic heterocycles. The van der Waals surface area contributed by atoms with Gasteiger partial charge >= 0.3 is 6.18 Å². The maximum atomic E-state index is 13.9. The molecule has 1 N–H and O–H groups in total. The van der Waals surface area contributed by atoms with Gasteiger partial charge in [0.25, 0.3) is 0 Å². The average Bonchev–Trinajstić information content (AvgIpc) is 3.23. The number of fused-ring (bicyclic) bond motifs is 3. The Bertz CT molecular complexity index is 1680. The fourth-order valence-corrected chi connectivity index (χ4v) is 4.75.